The lowest BCUT2D eigenvalue weighted by Gasteiger charge is -2.32. The van der Waals surface area contributed by atoms with Crippen LogP contribution in [0.15, 0.2) is 36.7 Å². The maximum absolute atomic E-state index is 12.8. The molecule has 1 aromatic carbocycles. The van der Waals surface area contributed by atoms with Crippen molar-refractivity contribution >= 4 is 51.8 Å². The number of carboxylic acids is 1. The van der Waals surface area contributed by atoms with Crippen LogP contribution in [0.25, 0.3) is 16.7 Å². The lowest BCUT2D eigenvalue weighted by atomic mass is 10.0. The van der Waals surface area contributed by atoms with Gasteiger partial charge in [-0.05, 0) is 56.0 Å². The fraction of sp³-hybridized carbons (Fsp3) is 0.464. The highest BCUT2D eigenvalue weighted by Crippen LogP contribution is 2.30. The third-order valence-electron chi connectivity index (χ3n) is 7.03. The van der Waals surface area contributed by atoms with Gasteiger partial charge in [0.15, 0.2) is 5.65 Å². The van der Waals surface area contributed by atoms with Gasteiger partial charge in [-0.3, -0.25) is 9.59 Å². The summed E-state index contributed by atoms with van der Waals surface area (Å²) in [7, 11) is 0. The van der Waals surface area contributed by atoms with E-state index in [9.17, 15) is 9.59 Å². The Morgan fingerprint density at radius 2 is 1.92 bits per heavy atom. The molecule has 1 amide bonds. The van der Waals surface area contributed by atoms with Gasteiger partial charge >= 0.3 is 5.97 Å². The van der Waals surface area contributed by atoms with Gasteiger partial charge in [-0.2, -0.15) is 5.10 Å². The first-order valence-corrected chi connectivity index (χ1v) is 14.0. The number of aliphatic carboxylic acids is 1. The standard InChI is InChI=1S/C24H26Cl2N6O.C4H8O2/c1-15(18-6-5-17(25)12-19(18)26)32-23-22(14-29-32)28-13-21(30-23)16-7-10-31(11-8-16)24(33)20-4-2-3-9-27-20;1-3(2)4(5)6/h5-7,12-15,20,27H,2-4,8-11H2,1H3;3H,1-2H3,(H,5,6). The van der Waals surface area contributed by atoms with Crippen LogP contribution in [-0.2, 0) is 9.59 Å². The molecule has 2 unspecified atom stereocenters. The van der Waals surface area contributed by atoms with Crippen molar-refractivity contribution in [2.75, 3.05) is 19.6 Å². The molecule has 1 saturated heterocycles. The monoisotopic (exact) mass is 572 g/mol. The maximum Gasteiger partial charge on any atom is 0.305 e. The number of carboxylic acid groups (broad SMARTS) is 1. The minimum Gasteiger partial charge on any atom is -0.481 e. The number of rotatable bonds is 5. The van der Waals surface area contributed by atoms with Gasteiger partial charge in [0.05, 0.1) is 36.1 Å². The number of hydrogen-bond acceptors (Lipinski definition) is 6. The lowest BCUT2D eigenvalue weighted by Crippen LogP contribution is -2.49. The van der Waals surface area contributed by atoms with Crippen LogP contribution in [0.5, 0.6) is 0 Å². The molecule has 2 atom stereocenters. The molecular formula is C28H34Cl2N6O3. The van der Waals surface area contributed by atoms with Crippen molar-refractivity contribution in [2.24, 2.45) is 5.92 Å². The highest BCUT2D eigenvalue weighted by atomic mass is 35.5. The van der Waals surface area contributed by atoms with Crippen LogP contribution >= 0.6 is 23.2 Å². The number of piperidine rings is 1. The molecular weight excluding hydrogens is 539 g/mol. The van der Waals surface area contributed by atoms with Crippen molar-refractivity contribution in [3.05, 3.63) is 58.0 Å². The Kier molecular flexibility index (Phi) is 9.58. The molecule has 2 aromatic heterocycles. The minimum absolute atomic E-state index is 0.0413. The fourth-order valence-corrected chi connectivity index (χ4v) is 5.18. The van der Waals surface area contributed by atoms with E-state index in [1.165, 1.54) is 0 Å². The Labute approximate surface area is 238 Å². The molecule has 0 saturated carbocycles. The van der Waals surface area contributed by atoms with E-state index in [4.69, 9.17) is 33.3 Å². The SMILES string of the molecule is CC(C)C(=O)O.CC(c1ccc(Cl)cc1Cl)n1ncc2ncc(C3=CCN(C(=O)C4CCCCN4)CC3)nc21. The Balaban J connectivity index is 0.000000531. The van der Waals surface area contributed by atoms with Gasteiger partial charge in [0.2, 0.25) is 5.91 Å². The molecule has 2 aliphatic rings. The Hall–Kier alpha value is -3.01. The molecule has 11 heteroatoms. The smallest absolute Gasteiger partial charge is 0.305 e. The summed E-state index contributed by atoms with van der Waals surface area (Å²) in [4.78, 5) is 33.9. The van der Waals surface area contributed by atoms with Crippen LogP contribution in [-0.4, -0.2) is 67.3 Å². The van der Waals surface area contributed by atoms with Gasteiger partial charge in [0.1, 0.15) is 5.52 Å². The molecule has 5 rings (SSSR count). The second-order valence-corrected chi connectivity index (χ2v) is 11.0. The molecule has 3 aromatic rings. The van der Waals surface area contributed by atoms with Crippen molar-refractivity contribution in [1.82, 2.24) is 30.0 Å². The van der Waals surface area contributed by atoms with Gasteiger partial charge in [0.25, 0.3) is 0 Å². The van der Waals surface area contributed by atoms with Crippen molar-refractivity contribution in [3.63, 3.8) is 0 Å². The van der Waals surface area contributed by atoms with E-state index >= 15 is 0 Å². The van der Waals surface area contributed by atoms with Crippen molar-refractivity contribution in [1.29, 1.82) is 0 Å². The Bertz CT molecular complexity index is 1370. The van der Waals surface area contributed by atoms with Crippen LogP contribution in [0.4, 0.5) is 0 Å². The number of fused-ring (bicyclic) bond motifs is 1. The highest BCUT2D eigenvalue weighted by Gasteiger charge is 2.27. The second kappa shape index (κ2) is 12.9. The normalized spacial score (nSPS) is 18.4. The van der Waals surface area contributed by atoms with Gasteiger partial charge in [0, 0.05) is 23.1 Å². The second-order valence-electron chi connectivity index (χ2n) is 10.2. The molecule has 208 valence electrons. The van der Waals surface area contributed by atoms with Crippen molar-refractivity contribution in [2.45, 2.75) is 58.5 Å². The number of carbonyl (C=O) groups excluding carboxylic acids is 1. The molecule has 0 bridgehead atoms. The van der Waals surface area contributed by atoms with E-state index < -0.39 is 5.97 Å². The summed E-state index contributed by atoms with van der Waals surface area (Å²) in [5.41, 5.74) is 4.28. The van der Waals surface area contributed by atoms with E-state index in [-0.39, 0.29) is 23.9 Å². The molecule has 0 spiro atoms. The number of nitrogens with zero attached hydrogens (tertiary/aromatic N) is 5. The Morgan fingerprint density at radius 3 is 2.54 bits per heavy atom. The maximum atomic E-state index is 12.8. The topological polar surface area (TPSA) is 113 Å². The molecule has 0 radical (unpaired) electrons. The zero-order valence-electron chi connectivity index (χ0n) is 22.4. The lowest BCUT2D eigenvalue weighted by molar-refractivity contribution is -0.140. The first-order chi connectivity index (χ1) is 18.7. The van der Waals surface area contributed by atoms with Crippen molar-refractivity contribution < 1.29 is 14.7 Å². The van der Waals surface area contributed by atoms with E-state index in [1.807, 2.05) is 28.6 Å². The molecule has 39 heavy (non-hydrogen) atoms. The predicted molar refractivity (Wildman–Crippen MR) is 153 cm³/mol. The summed E-state index contributed by atoms with van der Waals surface area (Å²) >= 11 is 12.5. The van der Waals surface area contributed by atoms with Gasteiger partial charge in [-0.1, -0.05) is 55.6 Å². The number of benzene rings is 1. The quantitative estimate of drug-likeness (QED) is 0.430. The molecule has 2 N–H and O–H groups in total. The summed E-state index contributed by atoms with van der Waals surface area (Å²) in [6, 6.07) is 5.30. The summed E-state index contributed by atoms with van der Waals surface area (Å²) in [5.74, 6) is -0.765. The van der Waals surface area contributed by atoms with Crippen LogP contribution in [0.3, 0.4) is 0 Å². The third-order valence-corrected chi connectivity index (χ3v) is 7.60. The summed E-state index contributed by atoms with van der Waals surface area (Å²) < 4.78 is 1.84. The number of halogens is 2. The fourth-order valence-electron chi connectivity index (χ4n) is 4.62. The summed E-state index contributed by atoms with van der Waals surface area (Å²) in [6.07, 6.45) is 9.55. The average Bonchev–Trinajstić information content (AvgIpc) is 3.36. The van der Waals surface area contributed by atoms with E-state index in [1.54, 1.807) is 32.3 Å². The van der Waals surface area contributed by atoms with Gasteiger partial charge in [-0.15, -0.1) is 0 Å². The molecule has 4 heterocycles. The zero-order chi connectivity index (χ0) is 28.1. The Morgan fingerprint density at radius 1 is 1.15 bits per heavy atom. The summed E-state index contributed by atoms with van der Waals surface area (Å²) in [5, 5.41) is 17.1. The number of carbonyl (C=O) groups is 2. The average molecular weight is 574 g/mol. The van der Waals surface area contributed by atoms with E-state index in [0.29, 0.717) is 28.8 Å². The van der Waals surface area contributed by atoms with Crippen LogP contribution in [0, 0.1) is 5.92 Å². The van der Waals surface area contributed by atoms with E-state index in [2.05, 4.69) is 21.5 Å². The van der Waals surface area contributed by atoms with Crippen LogP contribution < -0.4 is 5.32 Å². The summed E-state index contributed by atoms with van der Waals surface area (Å²) in [6.45, 7) is 7.53. The number of nitrogens with one attached hydrogen (secondary N) is 1. The minimum atomic E-state index is -0.741. The zero-order valence-corrected chi connectivity index (χ0v) is 23.9. The van der Waals surface area contributed by atoms with Crippen molar-refractivity contribution in [3.8, 4) is 0 Å². The van der Waals surface area contributed by atoms with Gasteiger partial charge in [-0.25, -0.2) is 14.6 Å². The number of aromatic nitrogens is 4. The number of hydrogen-bond donors (Lipinski definition) is 2. The first kappa shape index (κ1) is 29.0. The van der Waals surface area contributed by atoms with E-state index in [0.717, 1.165) is 54.6 Å². The highest BCUT2D eigenvalue weighted by molar-refractivity contribution is 6.35. The van der Waals surface area contributed by atoms with Gasteiger partial charge < -0.3 is 15.3 Å². The molecule has 9 nitrogen and oxygen atoms in total. The van der Waals surface area contributed by atoms with Crippen LogP contribution in [0.1, 0.15) is 63.8 Å². The predicted octanol–water partition coefficient (Wildman–Crippen LogP) is 5.23. The largest absolute Gasteiger partial charge is 0.481 e. The molecule has 0 aliphatic carbocycles. The molecule has 1 fully saturated rings. The number of amides is 1. The molecule has 2 aliphatic heterocycles. The van der Waals surface area contributed by atoms with Crippen LogP contribution in [0.2, 0.25) is 10.0 Å². The third kappa shape index (κ3) is 6.96. The first-order valence-electron chi connectivity index (χ1n) is 13.2.